The van der Waals surface area contributed by atoms with Crippen LogP contribution in [0.15, 0.2) is 17.0 Å². The molecule has 0 spiro atoms. The summed E-state index contributed by atoms with van der Waals surface area (Å²) in [6.45, 7) is 5.38. The molecule has 2 aliphatic rings. The lowest BCUT2D eigenvalue weighted by Gasteiger charge is -2.31. The number of anilines is 1. The number of nitrogens with one attached hydrogen (secondary N) is 1. The van der Waals surface area contributed by atoms with Crippen LogP contribution >= 0.6 is 0 Å². The van der Waals surface area contributed by atoms with E-state index in [9.17, 15) is 8.42 Å². The normalized spacial score (nSPS) is 24.9. The Labute approximate surface area is 139 Å². The van der Waals surface area contributed by atoms with Gasteiger partial charge in [0.2, 0.25) is 10.0 Å². The van der Waals surface area contributed by atoms with Crippen molar-refractivity contribution >= 4 is 15.7 Å². The van der Waals surface area contributed by atoms with Gasteiger partial charge in [-0.1, -0.05) is 19.8 Å². The van der Waals surface area contributed by atoms with Crippen LogP contribution in [0.1, 0.15) is 38.2 Å². The van der Waals surface area contributed by atoms with Crippen LogP contribution in [0.2, 0.25) is 0 Å². The Bertz CT molecular complexity index is 687. The fourth-order valence-electron chi connectivity index (χ4n) is 3.52. The highest BCUT2D eigenvalue weighted by molar-refractivity contribution is 7.89. The summed E-state index contributed by atoms with van der Waals surface area (Å²) in [5, 5.41) is 0. The molecule has 1 aliphatic heterocycles. The fourth-order valence-corrected chi connectivity index (χ4v) is 5.15. The molecular formula is C17H26N2O3S. The van der Waals surface area contributed by atoms with Crippen molar-refractivity contribution < 1.29 is 13.2 Å². The van der Waals surface area contributed by atoms with Crippen LogP contribution in [0.5, 0.6) is 5.75 Å². The summed E-state index contributed by atoms with van der Waals surface area (Å²) in [5.41, 5.74) is 1.72. The molecule has 1 aromatic rings. The molecule has 1 saturated carbocycles. The van der Waals surface area contributed by atoms with Crippen molar-refractivity contribution in [3.63, 3.8) is 0 Å². The molecule has 128 valence electrons. The number of rotatable bonds is 3. The van der Waals surface area contributed by atoms with Crippen molar-refractivity contribution in [2.24, 2.45) is 5.92 Å². The average molecular weight is 338 g/mol. The van der Waals surface area contributed by atoms with E-state index in [2.05, 4.69) is 16.5 Å². The first-order chi connectivity index (χ1) is 10.9. The van der Waals surface area contributed by atoms with Gasteiger partial charge in [0, 0.05) is 19.2 Å². The van der Waals surface area contributed by atoms with E-state index in [-0.39, 0.29) is 6.04 Å². The lowest BCUT2D eigenvalue weighted by molar-refractivity contribution is 0.308. The lowest BCUT2D eigenvalue weighted by Crippen LogP contribution is -2.41. The van der Waals surface area contributed by atoms with E-state index >= 15 is 0 Å². The predicted octanol–water partition coefficient (Wildman–Crippen LogP) is 2.68. The van der Waals surface area contributed by atoms with Gasteiger partial charge in [-0.05, 0) is 37.3 Å². The summed E-state index contributed by atoms with van der Waals surface area (Å²) in [7, 11) is -1.53. The first-order valence-electron chi connectivity index (χ1n) is 8.39. The molecule has 0 aromatic heterocycles. The van der Waals surface area contributed by atoms with Gasteiger partial charge in [0.05, 0.1) is 17.1 Å². The number of fused-ring (bicyclic) bond motifs is 1. The lowest BCUT2D eigenvalue weighted by atomic mass is 9.87. The van der Waals surface area contributed by atoms with E-state index in [0.29, 0.717) is 23.2 Å². The molecule has 6 heteroatoms. The van der Waals surface area contributed by atoms with E-state index in [0.717, 1.165) is 37.1 Å². The molecule has 5 nitrogen and oxygen atoms in total. The first kappa shape index (κ1) is 16.6. The molecule has 0 saturated heterocycles. The van der Waals surface area contributed by atoms with Crippen molar-refractivity contribution in [2.75, 3.05) is 25.1 Å². The zero-order chi connectivity index (χ0) is 16.6. The van der Waals surface area contributed by atoms with Gasteiger partial charge in [0.15, 0.2) is 0 Å². The molecule has 2 atom stereocenters. The third-order valence-corrected chi connectivity index (χ3v) is 6.69. The summed E-state index contributed by atoms with van der Waals surface area (Å²) in [6.07, 6.45) is 4.29. The number of likely N-dealkylation sites (N-methyl/N-ethyl adjacent to an activating group) is 1. The zero-order valence-electron chi connectivity index (χ0n) is 14.1. The Hall–Kier alpha value is -1.27. The van der Waals surface area contributed by atoms with Gasteiger partial charge in [-0.25, -0.2) is 13.1 Å². The van der Waals surface area contributed by atoms with Crippen LogP contribution in [0.4, 0.5) is 5.69 Å². The molecule has 1 aliphatic carbocycles. The van der Waals surface area contributed by atoms with Crippen molar-refractivity contribution in [1.82, 2.24) is 4.72 Å². The topological polar surface area (TPSA) is 58.6 Å². The minimum absolute atomic E-state index is 0.0350. The van der Waals surface area contributed by atoms with E-state index in [1.807, 2.05) is 20.0 Å². The Kier molecular flexibility index (Phi) is 4.56. The quantitative estimate of drug-likeness (QED) is 0.920. The number of ether oxygens (including phenoxy) is 1. The number of sulfonamides is 1. The second-order valence-corrected chi connectivity index (χ2v) is 8.53. The molecule has 0 amide bonds. The molecule has 1 fully saturated rings. The maximum Gasteiger partial charge on any atom is 0.241 e. The van der Waals surface area contributed by atoms with Crippen LogP contribution in [-0.2, 0) is 10.0 Å². The largest absolute Gasteiger partial charge is 0.490 e. The summed E-state index contributed by atoms with van der Waals surface area (Å²) >= 11 is 0. The Balaban J connectivity index is 1.90. The number of hydrogen-bond acceptors (Lipinski definition) is 4. The Morgan fingerprint density at radius 3 is 2.74 bits per heavy atom. The molecule has 1 aromatic carbocycles. The molecule has 0 radical (unpaired) electrons. The Morgan fingerprint density at radius 1 is 1.26 bits per heavy atom. The highest BCUT2D eigenvalue weighted by Crippen LogP contribution is 2.35. The second-order valence-electron chi connectivity index (χ2n) is 6.84. The summed E-state index contributed by atoms with van der Waals surface area (Å²) in [4.78, 5) is 2.43. The number of nitrogens with zero attached hydrogens (tertiary/aromatic N) is 1. The minimum Gasteiger partial charge on any atom is -0.490 e. The van der Waals surface area contributed by atoms with E-state index in [1.165, 1.54) is 6.42 Å². The van der Waals surface area contributed by atoms with Gasteiger partial charge in [0.1, 0.15) is 12.4 Å². The summed E-state index contributed by atoms with van der Waals surface area (Å²) in [6, 6.07) is 3.62. The van der Waals surface area contributed by atoms with Gasteiger partial charge < -0.3 is 9.64 Å². The highest BCUT2D eigenvalue weighted by atomic mass is 32.2. The van der Waals surface area contributed by atoms with Gasteiger partial charge in [0.25, 0.3) is 0 Å². The molecule has 3 rings (SSSR count). The van der Waals surface area contributed by atoms with Crippen LogP contribution in [0.25, 0.3) is 0 Å². The zero-order valence-corrected chi connectivity index (χ0v) is 14.9. The van der Waals surface area contributed by atoms with Crippen LogP contribution in [0, 0.1) is 12.8 Å². The molecular weight excluding hydrogens is 312 g/mol. The van der Waals surface area contributed by atoms with Crippen LogP contribution in [-0.4, -0.2) is 34.7 Å². The maximum absolute atomic E-state index is 12.9. The first-order valence-corrected chi connectivity index (χ1v) is 9.88. The van der Waals surface area contributed by atoms with Gasteiger partial charge in [-0.3, -0.25) is 0 Å². The molecule has 2 unspecified atom stereocenters. The number of hydrogen-bond donors (Lipinski definition) is 1. The smallest absolute Gasteiger partial charge is 0.241 e. The van der Waals surface area contributed by atoms with Gasteiger partial charge in [-0.2, -0.15) is 0 Å². The van der Waals surface area contributed by atoms with Crippen molar-refractivity contribution in [3.8, 4) is 5.75 Å². The molecule has 1 heterocycles. The van der Waals surface area contributed by atoms with E-state index in [4.69, 9.17) is 4.74 Å². The predicted molar refractivity (Wildman–Crippen MR) is 91.7 cm³/mol. The minimum atomic E-state index is -3.52. The molecule has 23 heavy (non-hydrogen) atoms. The monoisotopic (exact) mass is 338 g/mol. The maximum atomic E-state index is 12.9. The third kappa shape index (κ3) is 3.33. The summed E-state index contributed by atoms with van der Waals surface area (Å²) < 4.78 is 34.3. The van der Waals surface area contributed by atoms with Gasteiger partial charge >= 0.3 is 0 Å². The number of benzene rings is 1. The molecule has 1 N–H and O–H groups in total. The second kappa shape index (κ2) is 6.32. The number of aryl methyl sites for hydroxylation is 1. The van der Waals surface area contributed by atoms with Crippen molar-refractivity contribution in [1.29, 1.82) is 0 Å². The SMILES string of the molecule is Cc1cc2c(cc1S(=O)(=O)NC1CCCCC1C)OCCN2C. The highest BCUT2D eigenvalue weighted by Gasteiger charge is 2.29. The average Bonchev–Trinajstić information content (AvgIpc) is 2.50. The van der Waals surface area contributed by atoms with Crippen molar-refractivity contribution in [3.05, 3.63) is 17.7 Å². The van der Waals surface area contributed by atoms with Crippen LogP contribution in [0.3, 0.4) is 0 Å². The molecule has 0 bridgehead atoms. The van der Waals surface area contributed by atoms with Crippen molar-refractivity contribution in [2.45, 2.75) is 50.5 Å². The van der Waals surface area contributed by atoms with E-state index < -0.39 is 10.0 Å². The standard InChI is InChI=1S/C17H26N2O3S/c1-12-6-4-5-7-14(12)18-23(20,21)17-11-16-15(10-13(17)2)19(3)8-9-22-16/h10-12,14,18H,4-9H2,1-3H3. The fraction of sp³-hybridized carbons (Fsp3) is 0.647. The van der Waals surface area contributed by atoms with Crippen LogP contribution < -0.4 is 14.4 Å². The van der Waals surface area contributed by atoms with E-state index in [1.54, 1.807) is 6.07 Å². The summed E-state index contributed by atoms with van der Waals surface area (Å²) in [5.74, 6) is 1.04. The Morgan fingerprint density at radius 2 is 2.00 bits per heavy atom. The third-order valence-electron chi connectivity index (χ3n) is 5.06. The van der Waals surface area contributed by atoms with Gasteiger partial charge in [-0.15, -0.1) is 0 Å².